The number of carbonyl (C=O) groups excluding carboxylic acids is 2. The van der Waals surface area contributed by atoms with Crippen molar-refractivity contribution >= 4 is 23.5 Å². The zero-order chi connectivity index (χ0) is 14.4. The zero-order valence-electron chi connectivity index (χ0n) is 12.0. The highest BCUT2D eigenvalue weighted by molar-refractivity contribution is 7.09. The Labute approximate surface area is 124 Å². The first-order valence-corrected chi connectivity index (χ1v) is 8.31. The highest BCUT2D eigenvalue weighted by Gasteiger charge is 2.25. The number of unbranched alkanes of at least 4 members (excludes halogenated alkanes) is 2. The molecule has 20 heavy (non-hydrogen) atoms. The third kappa shape index (κ3) is 3.88. The van der Waals surface area contributed by atoms with E-state index >= 15 is 0 Å². The van der Waals surface area contributed by atoms with Crippen LogP contribution in [0.3, 0.4) is 0 Å². The van der Waals surface area contributed by atoms with Crippen molar-refractivity contribution in [1.82, 2.24) is 9.88 Å². The Morgan fingerprint density at radius 3 is 2.80 bits per heavy atom. The number of nitrogens with zero attached hydrogens (tertiary/aromatic N) is 2. The lowest BCUT2D eigenvalue weighted by Crippen LogP contribution is -2.37. The van der Waals surface area contributed by atoms with Gasteiger partial charge < -0.3 is 4.90 Å². The molecule has 5 heteroatoms. The quantitative estimate of drug-likeness (QED) is 0.598. The van der Waals surface area contributed by atoms with E-state index in [0.717, 1.165) is 56.5 Å². The molecule has 0 saturated carbocycles. The Kier molecular flexibility index (Phi) is 5.71. The monoisotopic (exact) mass is 294 g/mol. The van der Waals surface area contributed by atoms with E-state index < -0.39 is 0 Å². The van der Waals surface area contributed by atoms with Gasteiger partial charge in [-0.1, -0.05) is 19.8 Å². The van der Waals surface area contributed by atoms with E-state index in [1.165, 1.54) is 0 Å². The summed E-state index contributed by atoms with van der Waals surface area (Å²) in [6, 6.07) is 0. The summed E-state index contributed by atoms with van der Waals surface area (Å²) in [5.74, 6) is 0.706. The molecular formula is C15H22N2O2S. The van der Waals surface area contributed by atoms with Gasteiger partial charge in [0.2, 0.25) is 5.91 Å². The Morgan fingerprint density at radius 2 is 2.20 bits per heavy atom. The fourth-order valence-corrected chi connectivity index (χ4v) is 3.54. The van der Waals surface area contributed by atoms with Crippen molar-refractivity contribution in [2.45, 2.75) is 51.4 Å². The van der Waals surface area contributed by atoms with Crippen molar-refractivity contribution in [1.29, 1.82) is 0 Å². The first kappa shape index (κ1) is 15.2. The Balaban J connectivity index is 1.79. The fourth-order valence-electron chi connectivity index (χ4n) is 2.60. The highest BCUT2D eigenvalue weighted by Crippen LogP contribution is 2.30. The van der Waals surface area contributed by atoms with Gasteiger partial charge in [-0.25, -0.2) is 4.98 Å². The van der Waals surface area contributed by atoms with Gasteiger partial charge in [-0.2, -0.15) is 0 Å². The van der Waals surface area contributed by atoms with Crippen molar-refractivity contribution < 1.29 is 9.59 Å². The Morgan fingerprint density at radius 1 is 1.45 bits per heavy atom. The zero-order valence-corrected chi connectivity index (χ0v) is 12.8. The summed E-state index contributed by atoms with van der Waals surface area (Å²) < 4.78 is 0. The summed E-state index contributed by atoms with van der Waals surface area (Å²) in [5, 5.41) is 2.86. The number of rotatable bonds is 6. The van der Waals surface area contributed by atoms with Crippen LogP contribution in [0.15, 0.2) is 5.38 Å². The summed E-state index contributed by atoms with van der Waals surface area (Å²) in [7, 11) is 0. The van der Waals surface area contributed by atoms with E-state index in [-0.39, 0.29) is 0 Å². The predicted molar refractivity (Wildman–Crippen MR) is 80.2 cm³/mol. The minimum Gasteiger partial charge on any atom is -0.343 e. The molecule has 1 aromatic rings. The minimum absolute atomic E-state index is 0.296. The minimum atomic E-state index is 0.296. The van der Waals surface area contributed by atoms with Gasteiger partial charge in [-0.15, -0.1) is 11.3 Å². The molecule has 0 aliphatic carbocycles. The van der Waals surface area contributed by atoms with Crippen LogP contribution < -0.4 is 0 Å². The van der Waals surface area contributed by atoms with Crippen molar-refractivity contribution in [3.05, 3.63) is 16.1 Å². The van der Waals surface area contributed by atoms with Gasteiger partial charge in [0.15, 0.2) is 6.29 Å². The maximum atomic E-state index is 12.0. The van der Waals surface area contributed by atoms with Crippen LogP contribution in [-0.2, 0) is 4.79 Å². The number of aromatic nitrogens is 1. The van der Waals surface area contributed by atoms with E-state index in [9.17, 15) is 9.59 Å². The SMILES string of the molecule is CCCCCC(=O)N1CCC(c2nc(C=O)cs2)CC1. The lowest BCUT2D eigenvalue weighted by atomic mass is 9.97. The predicted octanol–water partition coefficient (Wildman–Crippen LogP) is 3.24. The number of likely N-dealkylation sites (tertiary alicyclic amines) is 1. The number of carbonyl (C=O) groups is 2. The van der Waals surface area contributed by atoms with E-state index in [0.29, 0.717) is 23.9 Å². The van der Waals surface area contributed by atoms with Gasteiger partial charge in [0.05, 0.1) is 5.01 Å². The molecule has 1 saturated heterocycles. The average molecular weight is 294 g/mol. The van der Waals surface area contributed by atoms with Gasteiger partial charge in [-0.05, 0) is 19.3 Å². The van der Waals surface area contributed by atoms with Crippen LogP contribution in [0.1, 0.15) is 66.9 Å². The fraction of sp³-hybridized carbons (Fsp3) is 0.667. The Bertz CT molecular complexity index is 450. The summed E-state index contributed by atoms with van der Waals surface area (Å²) >= 11 is 1.56. The number of piperidine rings is 1. The standard InChI is InChI=1S/C15H22N2O2S/c1-2-3-4-5-14(19)17-8-6-12(7-9-17)15-16-13(10-18)11-20-15/h10-12H,2-9H2,1H3. The van der Waals surface area contributed by atoms with Crippen molar-refractivity contribution in [3.63, 3.8) is 0 Å². The molecular weight excluding hydrogens is 272 g/mol. The van der Waals surface area contributed by atoms with Crippen LogP contribution >= 0.6 is 11.3 Å². The van der Waals surface area contributed by atoms with Crippen LogP contribution in [0.5, 0.6) is 0 Å². The summed E-state index contributed by atoms with van der Waals surface area (Å²) in [5.41, 5.74) is 0.531. The first-order valence-electron chi connectivity index (χ1n) is 7.43. The van der Waals surface area contributed by atoms with Crippen LogP contribution in [0.25, 0.3) is 0 Å². The second-order valence-corrected chi connectivity index (χ2v) is 6.23. The molecule has 0 unspecified atom stereocenters. The first-order chi connectivity index (χ1) is 9.74. The summed E-state index contributed by atoms with van der Waals surface area (Å²) in [6.07, 6.45) is 6.70. The highest BCUT2D eigenvalue weighted by atomic mass is 32.1. The number of aldehydes is 1. The molecule has 0 aromatic carbocycles. The molecule has 110 valence electrons. The molecule has 0 bridgehead atoms. The van der Waals surface area contributed by atoms with E-state index in [1.54, 1.807) is 11.3 Å². The molecule has 0 radical (unpaired) electrons. The molecule has 0 atom stereocenters. The Hall–Kier alpha value is -1.23. The number of hydrogen-bond acceptors (Lipinski definition) is 4. The van der Waals surface area contributed by atoms with Crippen molar-refractivity contribution in [3.8, 4) is 0 Å². The second kappa shape index (κ2) is 7.53. The third-order valence-corrected chi connectivity index (χ3v) is 4.88. The molecule has 1 aliphatic rings. The summed E-state index contributed by atoms with van der Waals surface area (Å²) in [6.45, 7) is 3.80. The van der Waals surface area contributed by atoms with Crippen LogP contribution in [-0.4, -0.2) is 35.2 Å². The second-order valence-electron chi connectivity index (χ2n) is 5.34. The number of amides is 1. The van der Waals surface area contributed by atoms with Crippen LogP contribution in [0, 0.1) is 0 Å². The van der Waals surface area contributed by atoms with Crippen LogP contribution in [0.2, 0.25) is 0 Å². The lowest BCUT2D eigenvalue weighted by molar-refractivity contribution is -0.132. The van der Waals surface area contributed by atoms with Gasteiger partial charge in [0.1, 0.15) is 5.69 Å². The van der Waals surface area contributed by atoms with Gasteiger partial charge in [-0.3, -0.25) is 9.59 Å². The third-order valence-electron chi connectivity index (χ3n) is 3.85. The maximum Gasteiger partial charge on any atom is 0.222 e. The molecule has 1 amide bonds. The maximum absolute atomic E-state index is 12.0. The largest absolute Gasteiger partial charge is 0.343 e. The topological polar surface area (TPSA) is 50.3 Å². The van der Waals surface area contributed by atoms with Gasteiger partial charge in [0.25, 0.3) is 0 Å². The molecule has 2 rings (SSSR count). The molecule has 0 N–H and O–H groups in total. The van der Waals surface area contributed by atoms with Crippen molar-refractivity contribution in [2.24, 2.45) is 0 Å². The molecule has 4 nitrogen and oxygen atoms in total. The lowest BCUT2D eigenvalue weighted by Gasteiger charge is -2.31. The summed E-state index contributed by atoms with van der Waals surface area (Å²) in [4.78, 5) is 29.0. The normalized spacial score (nSPS) is 16.4. The van der Waals surface area contributed by atoms with E-state index in [2.05, 4.69) is 11.9 Å². The molecule has 1 aromatic heterocycles. The molecule has 1 fully saturated rings. The number of thiazole rings is 1. The van der Waals surface area contributed by atoms with E-state index in [4.69, 9.17) is 0 Å². The molecule has 2 heterocycles. The average Bonchev–Trinajstić information content (AvgIpc) is 2.96. The van der Waals surface area contributed by atoms with Gasteiger partial charge in [0, 0.05) is 30.8 Å². The van der Waals surface area contributed by atoms with Gasteiger partial charge >= 0.3 is 0 Å². The smallest absolute Gasteiger partial charge is 0.222 e. The molecule has 0 spiro atoms. The number of hydrogen-bond donors (Lipinski definition) is 0. The van der Waals surface area contributed by atoms with E-state index in [1.807, 2.05) is 10.3 Å². The van der Waals surface area contributed by atoms with Crippen LogP contribution in [0.4, 0.5) is 0 Å². The molecule has 1 aliphatic heterocycles. The van der Waals surface area contributed by atoms with Crippen molar-refractivity contribution in [2.75, 3.05) is 13.1 Å².